The summed E-state index contributed by atoms with van der Waals surface area (Å²) in [7, 11) is -2.19. The Balaban J connectivity index is 2.04. The van der Waals surface area contributed by atoms with Gasteiger partial charge in [-0.1, -0.05) is 12.1 Å². The summed E-state index contributed by atoms with van der Waals surface area (Å²) in [6, 6.07) is 3.56. The number of ketones is 1. The van der Waals surface area contributed by atoms with Crippen LogP contribution in [-0.2, 0) is 14.8 Å². The van der Waals surface area contributed by atoms with Crippen molar-refractivity contribution in [3.63, 3.8) is 0 Å². The third-order valence-electron chi connectivity index (χ3n) is 2.96. The molecule has 0 unspecified atom stereocenters. The molecule has 9 heteroatoms. The molecule has 0 fully saturated rings. The van der Waals surface area contributed by atoms with E-state index in [4.69, 9.17) is 0 Å². The van der Waals surface area contributed by atoms with Crippen LogP contribution in [0.4, 0.5) is 0 Å². The van der Waals surface area contributed by atoms with E-state index >= 15 is 0 Å². The largest absolute Gasteiger partial charge is 0.346 e. The van der Waals surface area contributed by atoms with Crippen molar-refractivity contribution in [3.8, 4) is 0 Å². The number of thiophene rings is 1. The third kappa shape index (κ3) is 5.02. The molecule has 2 rings (SSSR count). The predicted octanol–water partition coefficient (Wildman–Crippen LogP) is 0.957. The van der Waals surface area contributed by atoms with Crippen LogP contribution in [0.5, 0.6) is 0 Å². The van der Waals surface area contributed by atoms with Gasteiger partial charge in [0.1, 0.15) is 0 Å². The van der Waals surface area contributed by atoms with Gasteiger partial charge in [-0.05, 0) is 17.9 Å². The van der Waals surface area contributed by atoms with Crippen LogP contribution in [0.2, 0.25) is 0 Å². The first-order chi connectivity index (χ1) is 10.8. The number of amides is 1. The minimum absolute atomic E-state index is 0.0442. The normalized spacial score (nSPS) is 14.5. The number of likely N-dealkylation sites (N-methyl/N-ethyl adjacent to an activating group) is 1. The Labute approximate surface area is 138 Å². The first kappa shape index (κ1) is 17.4. The van der Waals surface area contributed by atoms with Crippen LogP contribution < -0.4 is 4.83 Å². The van der Waals surface area contributed by atoms with Crippen LogP contribution in [0.1, 0.15) is 16.1 Å². The molecule has 1 amide bonds. The lowest BCUT2D eigenvalue weighted by Crippen LogP contribution is -2.43. The Morgan fingerprint density at radius 1 is 1.43 bits per heavy atom. The number of hydrogen-bond acceptors (Lipinski definition) is 6. The summed E-state index contributed by atoms with van der Waals surface area (Å²) in [5, 5.41) is 2.75. The topological polar surface area (TPSA) is 86.8 Å². The van der Waals surface area contributed by atoms with Gasteiger partial charge in [0.2, 0.25) is 10.0 Å². The monoisotopic (exact) mass is 355 g/mol. The number of nitrogens with one attached hydrogen (secondary N) is 1. The number of hydrazine groups is 1. The predicted molar refractivity (Wildman–Crippen MR) is 87.9 cm³/mol. The van der Waals surface area contributed by atoms with Gasteiger partial charge in [0, 0.05) is 25.0 Å². The summed E-state index contributed by atoms with van der Waals surface area (Å²) in [4.78, 5) is 28.7. The maximum absolute atomic E-state index is 12.2. The van der Waals surface area contributed by atoms with Crippen LogP contribution in [0.3, 0.4) is 0 Å². The summed E-state index contributed by atoms with van der Waals surface area (Å²) >= 11 is 1.37. The van der Waals surface area contributed by atoms with Crippen molar-refractivity contribution in [1.82, 2.24) is 14.7 Å². The molecule has 0 radical (unpaired) electrons. The fourth-order valence-corrected chi connectivity index (χ4v) is 3.28. The third-order valence-corrected chi connectivity index (χ3v) is 4.48. The molecule has 23 heavy (non-hydrogen) atoms. The van der Waals surface area contributed by atoms with Gasteiger partial charge in [0.15, 0.2) is 5.78 Å². The van der Waals surface area contributed by atoms with Gasteiger partial charge < -0.3 is 4.90 Å². The molecule has 0 saturated carbocycles. The van der Waals surface area contributed by atoms with E-state index in [1.54, 1.807) is 35.5 Å². The highest BCUT2D eigenvalue weighted by atomic mass is 32.2. The summed E-state index contributed by atoms with van der Waals surface area (Å²) in [6.07, 6.45) is 6.39. The Morgan fingerprint density at radius 2 is 2.17 bits per heavy atom. The van der Waals surface area contributed by atoms with Gasteiger partial charge in [0.05, 0.1) is 17.7 Å². The van der Waals surface area contributed by atoms with E-state index in [1.807, 2.05) is 5.38 Å². The quantitative estimate of drug-likeness (QED) is 0.607. The van der Waals surface area contributed by atoms with Gasteiger partial charge in [0.25, 0.3) is 5.91 Å². The highest BCUT2D eigenvalue weighted by Crippen LogP contribution is 2.16. The lowest BCUT2D eigenvalue weighted by Gasteiger charge is -2.23. The second kappa shape index (κ2) is 7.07. The lowest BCUT2D eigenvalue weighted by atomic mass is 10.1. The van der Waals surface area contributed by atoms with E-state index in [0.29, 0.717) is 16.9 Å². The van der Waals surface area contributed by atoms with E-state index in [9.17, 15) is 18.0 Å². The SMILES string of the molecule is CN(NS(C)(=O)=O)C(=O)C1=CN(CC(=O)c2cccs2)C=CC1. The highest BCUT2D eigenvalue weighted by Gasteiger charge is 2.20. The number of nitrogens with zero attached hydrogens (tertiary/aromatic N) is 2. The molecule has 0 saturated heterocycles. The summed E-state index contributed by atoms with van der Waals surface area (Å²) in [6.45, 7) is 0.122. The van der Waals surface area contributed by atoms with Crippen molar-refractivity contribution in [2.24, 2.45) is 0 Å². The average molecular weight is 355 g/mol. The fourth-order valence-electron chi connectivity index (χ4n) is 2.04. The van der Waals surface area contributed by atoms with Gasteiger partial charge >= 0.3 is 0 Å². The number of allylic oxidation sites excluding steroid dienone is 1. The average Bonchev–Trinajstić information content (AvgIpc) is 2.99. The minimum atomic E-state index is -3.53. The van der Waals surface area contributed by atoms with Crippen LogP contribution >= 0.6 is 11.3 Å². The molecule has 1 aliphatic rings. The van der Waals surface area contributed by atoms with Crippen molar-refractivity contribution in [1.29, 1.82) is 0 Å². The molecule has 2 heterocycles. The van der Waals surface area contributed by atoms with Gasteiger partial charge in [-0.2, -0.15) is 0 Å². The van der Waals surface area contributed by atoms with Gasteiger partial charge in [-0.25, -0.2) is 8.42 Å². The Morgan fingerprint density at radius 3 is 2.78 bits per heavy atom. The van der Waals surface area contributed by atoms with Crippen molar-refractivity contribution < 1.29 is 18.0 Å². The minimum Gasteiger partial charge on any atom is -0.346 e. The molecule has 7 nitrogen and oxygen atoms in total. The number of rotatable bonds is 6. The summed E-state index contributed by atoms with van der Waals surface area (Å²) in [5.41, 5.74) is 0.394. The molecule has 1 aromatic heterocycles. The number of carbonyl (C=O) groups is 2. The zero-order valence-corrected chi connectivity index (χ0v) is 14.4. The van der Waals surface area contributed by atoms with E-state index in [-0.39, 0.29) is 12.3 Å². The van der Waals surface area contributed by atoms with Crippen molar-refractivity contribution >= 4 is 33.1 Å². The first-order valence-corrected chi connectivity index (χ1v) is 9.48. The van der Waals surface area contributed by atoms with Crippen LogP contribution in [0.15, 0.2) is 41.6 Å². The number of hydrogen-bond donors (Lipinski definition) is 1. The number of carbonyl (C=O) groups excluding carboxylic acids is 2. The maximum Gasteiger partial charge on any atom is 0.266 e. The van der Waals surface area contributed by atoms with Crippen LogP contribution in [0, 0.1) is 0 Å². The molecule has 0 aliphatic carbocycles. The first-order valence-electron chi connectivity index (χ1n) is 6.71. The number of sulfonamides is 1. The fraction of sp³-hybridized carbons (Fsp3) is 0.286. The Hall–Kier alpha value is -1.97. The van der Waals surface area contributed by atoms with E-state index < -0.39 is 15.9 Å². The molecule has 0 bridgehead atoms. The Kier molecular flexibility index (Phi) is 5.34. The molecule has 0 atom stereocenters. The second-order valence-corrected chi connectivity index (χ2v) is 7.72. The zero-order chi connectivity index (χ0) is 17.0. The van der Waals surface area contributed by atoms with Crippen molar-refractivity contribution in [3.05, 3.63) is 46.4 Å². The van der Waals surface area contributed by atoms with Crippen molar-refractivity contribution in [2.45, 2.75) is 6.42 Å². The molecule has 0 aromatic carbocycles. The zero-order valence-electron chi connectivity index (χ0n) is 12.7. The summed E-state index contributed by atoms with van der Waals surface area (Å²) < 4.78 is 22.4. The van der Waals surface area contributed by atoms with Gasteiger partial charge in [-0.15, -0.1) is 16.2 Å². The Bertz CT molecular complexity index is 751. The molecule has 1 N–H and O–H groups in total. The smallest absolute Gasteiger partial charge is 0.266 e. The number of Topliss-reactive ketones (excluding diaryl/α,β-unsaturated/α-hetero) is 1. The molecule has 124 valence electrons. The lowest BCUT2D eigenvalue weighted by molar-refractivity contribution is -0.127. The van der Waals surface area contributed by atoms with Crippen LogP contribution in [-0.4, -0.2) is 49.9 Å². The van der Waals surface area contributed by atoms with Crippen molar-refractivity contribution in [2.75, 3.05) is 19.8 Å². The standard InChI is InChI=1S/C14H17N3O4S2/c1-16(15-23(2,20)21)14(19)11-5-3-7-17(9-11)10-12(18)13-6-4-8-22-13/h3-4,6-9,15H,5,10H2,1-2H3. The highest BCUT2D eigenvalue weighted by molar-refractivity contribution is 7.88. The molecule has 0 spiro atoms. The van der Waals surface area contributed by atoms with E-state index in [1.165, 1.54) is 18.4 Å². The van der Waals surface area contributed by atoms with Crippen LogP contribution in [0.25, 0.3) is 0 Å². The molecule has 1 aromatic rings. The molecular weight excluding hydrogens is 338 g/mol. The maximum atomic E-state index is 12.2. The van der Waals surface area contributed by atoms with E-state index in [0.717, 1.165) is 11.3 Å². The summed E-state index contributed by atoms with van der Waals surface area (Å²) in [5.74, 6) is -0.509. The van der Waals surface area contributed by atoms with Gasteiger partial charge in [-0.3, -0.25) is 14.6 Å². The van der Waals surface area contributed by atoms with E-state index in [2.05, 4.69) is 4.83 Å². The molecular formula is C14H17N3O4S2. The molecule has 1 aliphatic heterocycles. The second-order valence-electron chi connectivity index (χ2n) is 5.04.